The van der Waals surface area contributed by atoms with Crippen molar-refractivity contribution in [2.45, 2.75) is 53.4 Å². The lowest BCUT2D eigenvalue weighted by Gasteiger charge is -2.20. The normalized spacial score (nSPS) is 9.33. The van der Waals surface area contributed by atoms with Crippen LogP contribution in [0.15, 0.2) is 0 Å². The summed E-state index contributed by atoms with van der Waals surface area (Å²) in [6.07, 6.45) is 3.28. The minimum Gasteiger partial charge on any atom is -0.481 e. The highest BCUT2D eigenvalue weighted by Gasteiger charge is 2.02. The number of hydrogen-bond donors (Lipinski definition) is 1. The molecule has 0 aliphatic heterocycles. The molecule has 1 N–H and O–H groups in total. The fourth-order valence-corrected chi connectivity index (χ4v) is 2.52. The van der Waals surface area contributed by atoms with Crippen molar-refractivity contribution in [3.8, 4) is 0 Å². The molecule has 108 valence electrons. The standard InChI is InChI=1S/C7H15NS2.C6H12O2/c1-4-8(5-2)7(9)10-6-3;1-2-3-4-5-6(7)8/h4-6H2,1-3H3;2-5H2,1H3,(H,7,8). The molecule has 18 heavy (non-hydrogen) atoms. The summed E-state index contributed by atoms with van der Waals surface area (Å²) in [5, 5.41) is 8.14. The quantitative estimate of drug-likeness (QED) is 0.567. The van der Waals surface area contributed by atoms with Crippen LogP contribution in [0.3, 0.4) is 0 Å². The number of carboxylic acids is 1. The number of thioether (sulfide) groups is 1. The van der Waals surface area contributed by atoms with Gasteiger partial charge in [-0.3, -0.25) is 4.79 Å². The third-order valence-electron chi connectivity index (χ3n) is 2.28. The highest BCUT2D eigenvalue weighted by atomic mass is 32.2. The first kappa shape index (κ1) is 20.0. The average Bonchev–Trinajstić information content (AvgIpc) is 2.32. The lowest BCUT2D eigenvalue weighted by Crippen LogP contribution is -2.26. The van der Waals surface area contributed by atoms with E-state index < -0.39 is 5.97 Å². The van der Waals surface area contributed by atoms with Crippen LogP contribution < -0.4 is 0 Å². The van der Waals surface area contributed by atoms with Crippen LogP contribution in [0.4, 0.5) is 0 Å². The highest BCUT2D eigenvalue weighted by Crippen LogP contribution is 2.07. The van der Waals surface area contributed by atoms with Crippen molar-refractivity contribution in [2.24, 2.45) is 0 Å². The summed E-state index contributed by atoms with van der Waals surface area (Å²) in [6.45, 7) is 10.5. The summed E-state index contributed by atoms with van der Waals surface area (Å²) in [7, 11) is 0. The zero-order valence-corrected chi connectivity index (χ0v) is 13.7. The van der Waals surface area contributed by atoms with Crippen molar-refractivity contribution in [1.29, 1.82) is 0 Å². The number of nitrogens with zero attached hydrogens (tertiary/aromatic N) is 1. The maximum atomic E-state index is 9.87. The summed E-state index contributed by atoms with van der Waals surface area (Å²) in [5.41, 5.74) is 0. The third kappa shape index (κ3) is 13.8. The van der Waals surface area contributed by atoms with Crippen molar-refractivity contribution in [2.75, 3.05) is 18.8 Å². The summed E-state index contributed by atoms with van der Waals surface area (Å²) in [4.78, 5) is 12.1. The Balaban J connectivity index is 0. The Kier molecular flexibility index (Phi) is 16.4. The molecular weight excluding hydrogens is 266 g/mol. The van der Waals surface area contributed by atoms with Gasteiger partial charge < -0.3 is 10.0 Å². The van der Waals surface area contributed by atoms with E-state index in [-0.39, 0.29) is 0 Å². The zero-order chi connectivity index (χ0) is 14.4. The van der Waals surface area contributed by atoms with Gasteiger partial charge in [0.15, 0.2) is 0 Å². The van der Waals surface area contributed by atoms with Gasteiger partial charge in [0.2, 0.25) is 0 Å². The Labute approximate surface area is 121 Å². The van der Waals surface area contributed by atoms with Gasteiger partial charge in [-0.15, -0.1) is 0 Å². The second kappa shape index (κ2) is 14.8. The lowest BCUT2D eigenvalue weighted by atomic mass is 10.2. The number of carbonyl (C=O) groups is 1. The summed E-state index contributed by atoms with van der Waals surface area (Å²) < 4.78 is 1.03. The van der Waals surface area contributed by atoms with Gasteiger partial charge >= 0.3 is 5.97 Å². The number of rotatable bonds is 7. The second-order valence-corrected chi connectivity index (χ2v) is 5.62. The molecule has 0 unspecified atom stereocenters. The van der Waals surface area contributed by atoms with Crippen molar-refractivity contribution < 1.29 is 9.90 Å². The van der Waals surface area contributed by atoms with Gasteiger partial charge in [0.1, 0.15) is 4.32 Å². The van der Waals surface area contributed by atoms with Gasteiger partial charge in [-0.2, -0.15) is 0 Å². The smallest absolute Gasteiger partial charge is 0.303 e. The number of aliphatic carboxylic acids is 1. The molecule has 0 spiro atoms. The minimum absolute atomic E-state index is 0.327. The number of unbranched alkanes of at least 4 members (excludes halogenated alkanes) is 2. The summed E-state index contributed by atoms with van der Waals surface area (Å²) in [6, 6.07) is 0. The van der Waals surface area contributed by atoms with Gasteiger partial charge in [-0.1, -0.05) is 50.7 Å². The molecule has 0 aliphatic rings. The third-order valence-corrected chi connectivity index (χ3v) is 3.69. The van der Waals surface area contributed by atoms with E-state index in [4.69, 9.17) is 17.3 Å². The molecule has 0 aromatic heterocycles. The zero-order valence-electron chi connectivity index (χ0n) is 12.1. The van der Waals surface area contributed by atoms with Gasteiger partial charge in [-0.25, -0.2) is 0 Å². The molecule has 0 radical (unpaired) electrons. The Hall–Kier alpha value is -0.290. The van der Waals surface area contributed by atoms with Crippen LogP contribution in [0.25, 0.3) is 0 Å². The van der Waals surface area contributed by atoms with Crippen LogP contribution in [0, 0.1) is 0 Å². The molecule has 0 rings (SSSR count). The maximum absolute atomic E-state index is 9.87. The molecule has 0 fully saturated rings. The maximum Gasteiger partial charge on any atom is 0.303 e. The fourth-order valence-electron chi connectivity index (χ4n) is 1.22. The number of thiocarbonyl (C=S) groups is 1. The Morgan fingerprint density at radius 3 is 2.06 bits per heavy atom. The number of carboxylic acid groups (broad SMARTS) is 1. The number of hydrogen-bond acceptors (Lipinski definition) is 3. The van der Waals surface area contributed by atoms with E-state index in [0.29, 0.717) is 6.42 Å². The predicted octanol–water partition coefficient (Wildman–Crippen LogP) is 4.02. The fraction of sp³-hybridized carbons (Fsp3) is 0.846. The first-order valence-corrected chi connectivity index (χ1v) is 8.06. The molecule has 0 aliphatic carbocycles. The summed E-state index contributed by atoms with van der Waals surface area (Å²) in [5.74, 6) is 0.397. The highest BCUT2D eigenvalue weighted by molar-refractivity contribution is 8.22. The van der Waals surface area contributed by atoms with Crippen molar-refractivity contribution >= 4 is 34.3 Å². The molecule has 0 aromatic rings. The second-order valence-electron chi connectivity index (χ2n) is 3.72. The SMILES string of the molecule is CCCCCC(=O)O.CCSC(=S)N(CC)CC. The van der Waals surface area contributed by atoms with E-state index >= 15 is 0 Å². The van der Waals surface area contributed by atoms with E-state index in [1.54, 1.807) is 11.8 Å². The van der Waals surface area contributed by atoms with E-state index in [9.17, 15) is 4.79 Å². The van der Waals surface area contributed by atoms with Gasteiger partial charge in [0, 0.05) is 19.5 Å². The van der Waals surface area contributed by atoms with E-state index in [2.05, 4.69) is 32.6 Å². The largest absolute Gasteiger partial charge is 0.481 e. The van der Waals surface area contributed by atoms with Gasteiger partial charge in [0.05, 0.1) is 0 Å². The van der Waals surface area contributed by atoms with Crippen molar-refractivity contribution in [1.82, 2.24) is 4.90 Å². The van der Waals surface area contributed by atoms with Crippen molar-refractivity contribution in [3.05, 3.63) is 0 Å². The molecule has 0 bridgehead atoms. The molecule has 0 saturated heterocycles. The van der Waals surface area contributed by atoms with Gasteiger partial charge in [0.25, 0.3) is 0 Å². The van der Waals surface area contributed by atoms with Crippen LogP contribution >= 0.6 is 24.0 Å². The van der Waals surface area contributed by atoms with Crippen LogP contribution in [0.2, 0.25) is 0 Å². The predicted molar refractivity (Wildman–Crippen MR) is 85.4 cm³/mol. The molecule has 0 amide bonds. The van der Waals surface area contributed by atoms with Crippen LogP contribution in [0.1, 0.15) is 53.4 Å². The first-order valence-electron chi connectivity index (χ1n) is 6.66. The van der Waals surface area contributed by atoms with E-state index in [0.717, 1.165) is 42.4 Å². The lowest BCUT2D eigenvalue weighted by molar-refractivity contribution is -0.137. The molecule has 0 heterocycles. The van der Waals surface area contributed by atoms with Crippen LogP contribution in [-0.4, -0.2) is 39.1 Å². The van der Waals surface area contributed by atoms with Gasteiger partial charge in [-0.05, 0) is 26.0 Å². The topological polar surface area (TPSA) is 40.5 Å². The average molecular weight is 293 g/mol. The molecular formula is C13H27NO2S2. The minimum atomic E-state index is -0.682. The van der Waals surface area contributed by atoms with E-state index in [1.165, 1.54) is 0 Å². The van der Waals surface area contributed by atoms with Crippen molar-refractivity contribution in [3.63, 3.8) is 0 Å². The summed E-state index contributed by atoms with van der Waals surface area (Å²) >= 11 is 6.91. The molecule has 5 heteroatoms. The van der Waals surface area contributed by atoms with Crippen LogP contribution in [0.5, 0.6) is 0 Å². The van der Waals surface area contributed by atoms with E-state index in [1.807, 2.05) is 0 Å². The molecule has 0 aromatic carbocycles. The first-order chi connectivity index (χ1) is 8.53. The molecule has 3 nitrogen and oxygen atoms in total. The Morgan fingerprint density at radius 1 is 1.17 bits per heavy atom. The molecule has 0 atom stereocenters. The van der Waals surface area contributed by atoms with Crippen LogP contribution in [-0.2, 0) is 4.79 Å². The Bertz CT molecular complexity index is 219. The molecule has 0 saturated carbocycles. The Morgan fingerprint density at radius 2 is 1.72 bits per heavy atom. The monoisotopic (exact) mass is 293 g/mol.